The van der Waals surface area contributed by atoms with Crippen LogP contribution in [0.5, 0.6) is 0 Å². The molecule has 0 bridgehead atoms. The standard InChI is InChI=1S/C14H20N2/c1-10(2)16-8-7-13-12(11(3)9-15)5-4-6-14(13)16/h4-8,10-11H,9,15H2,1-3H3. The second kappa shape index (κ2) is 4.30. The molecule has 0 aliphatic carbocycles. The van der Waals surface area contributed by atoms with Gasteiger partial charge in [0, 0.05) is 23.1 Å². The van der Waals surface area contributed by atoms with Gasteiger partial charge in [0.25, 0.3) is 0 Å². The minimum absolute atomic E-state index is 0.423. The molecule has 1 heterocycles. The van der Waals surface area contributed by atoms with E-state index >= 15 is 0 Å². The molecular formula is C14H20N2. The van der Waals surface area contributed by atoms with E-state index in [9.17, 15) is 0 Å². The first-order valence-electron chi connectivity index (χ1n) is 5.94. The summed E-state index contributed by atoms with van der Waals surface area (Å²) in [6, 6.07) is 9.20. The first-order valence-corrected chi connectivity index (χ1v) is 5.94. The van der Waals surface area contributed by atoms with Gasteiger partial charge < -0.3 is 10.3 Å². The number of benzene rings is 1. The van der Waals surface area contributed by atoms with Gasteiger partial charge in [-0.25, -0.2) is 0 Å². The molecule has 1 aromatic carbocycles. The lowest BCUT2D eigenvalue weighted by Gasteiger charge is -2.13. The topological polar surface area (TPSA) is 30.9 Å². The molecule has 2 aromatic rings. The van der Waals surface area contributed by atoms with Crippen LogP contribution < -0.4 is 5.73 Å². The van der Waals surface area contributed by atoms with E-state index < -0.39 is 0 Å². The fourth-order valence-electron chi connectivity index (χ4n) is 2.22. The Morgan fingerprint density at radius 1 is 1.19 bits per heavy atom. The van der Waals surface area contributed by atoms with Crippen molar-refractivity contribution in [1.29, 1.82) is 0 Å². The van der Waals surface area contributed by atoms with Gasteiger partial charge in [-0.05, 0) is 44.0 Å². The number of hydrogen-bond acceptors (Lipinski definition) is 1. The minimum atomic E-state index is 0.423. The largest absolute Gasteiger partial charge is 0.345 e. The zero-order chi connectivity index (χ0) is 11.7. The molecule has 2 rings (SSSR count). The maximum Gasteiger partial charge on any atom is 0.0485 e. The fourth-order valence-corrected chi connectivity index (χ4v) is 2.22. The molecule has 2 N–H and O–H groups in total. The van der Waals surface area contributed by atoms with Crippen molar-refractivity contribution in [3.05, 3.63) is 36.0 Å². The lowest BCUT2D eigenvalue weighted by molar-refractivity contribution is 0.623. The molecule has 1 aromatic heterocycles. The van der Waals surface area contributed by atoms with Gasteiger partial charge in [-0.1, -0.05) is 19.1 Å². The number of rotatable bonds is 3. The van der Waals surface area contributed by atoms with Gasteiger partial charge in [0.2, 0.25) is 0 Å². The van der Waals surface area contributed by atoms with E-state index in [1.54, 1.807) is 0 Å². The molecule has 86 valence electrons. The Morgan fingerprint density at radius 2 is 1.94 bits per heavy atom. The van der Waals surface area contributed by atoms with Gasteiger partial charge in [-0.15, -0.1) is 0 Å². The van der Waals surface area contributed by atoms with E-state index in [-0.39, 0.29) is 0 Å². The van der Waals surface area contributed by atoms with Crippen LogP contribution in [0.25, 0.3) is 10.9 Å². The molecule has 0 aliphatic rings. The zero-order valence-electron chi connectivity index (χ0n) is 10.3. The number of fused-ring (bicyclic) bond motifs is 1. The van der Waals surface area contributed by atoms with Crippen LogP contribution in [0.15, 0.2) is 30.5 Å². The molecule has 2 nitrogen and oxygen atoms in total. The predicted molar refractivity (Wildman–Crippen MR) is 69.8 cm³/mol. The van der Waals surface area contributed by atoms with Crippen LogP contribution in [0.4, 0.5) is 0 Å². The van der Waals surface area contributed by atoms with E-state index in [1.807, 2.05) is 0 Å². The van der Waals surface area contributed by atoms with Crippen molar-refractivity contribution in [2.75, 3.05) is 6.54 Å². The molecule has 0 radical (unpaired) electrons. The third-order valence-corrected chi connectivity index (χ3v) is 3.24. The van der Waals surface area contributed by atoms with E-state index in [4.69, 9.17) is 5.73 Å². The molecule has 0 saturated heterocycles. The maximum absolute atomic E-state index is 5.75. The highest BCUT2D eigenvalue weighted by atomic mass is 15.0. The van der Waals surface area contributed by atoms with Crippen LogP contribution in [0.2, 0.25) is 0 Å². The predicted octanol–water partition coefficient (Wildman–Crippen LogP) is 3.28. The van der Waals surface area contributed by atoms with Crippen LogP contribution in [0.3, 0.4) is 0 Å². The molecule has 1 atom stereocenters. The third-order valence-electron chi connectivity index (χ3n) is 3.24. The Morgan fingerprint density at radius 3 is 2.56 bits per heavy atom. The third kappa shape index (κ3) is 1.74. The van der Waals surface area contributed by atoms with Gasteiger partial charge in [0.15, 0.2) is 0 Å². The van der Waals surface area contributed by atoms with E-state index in [1.165, 1.54) is 16.5 Å². The quantitative estimate of drug-likeness (QED) is 0.838. The van der Waals surface area contributed by atoms with Gasteiger partial charge >= 0.3 is 0 Å². The van der Waals surface area contributed by atoms with Crippen molar-refractivity contribution in [3.8, 4) is 0 Å². The summed E-state index contributed by atoms with van der Waals surface area (Å²) in [5.41, 5.74) is 8.43. The minimum Gasteiger partial charge on any atom is -0.345 e. The molecule has 0 saturated carbocycles. The van der Waals surface area contributed by atoms with E-state index in [0.717, 1.165) is 0 Å². The summed E-state index contributed by atoms with van der Waals surface area (Å²) in [5, 5.41) is 1.34. The summed E-state index contributed by atoms with van der Waals surface area (Å²) in [6.07, 6.45) is 2.17. The Bertz CT molecular complexity index is 482. The molecule has 16 heavy (non-hydrogen) atoms. The lowest BCUT2D eigenvalue weighted by Crippen LogP contribution is -2.09. The average Bonchev–Trinajstić information content (AvgIpc) is 2.71. The molecule has 1 unspecified atom stereocenters. The van der Waals surface area contributed by atoms with Gasteiger partial charge in [0.1, 0.15) is 0 Å². The summed E-state index contributed by atoms with van der Waals surface area (Å²) in [4.78, 5) is 0. The fraction of sp³-hybridized carbons (Fsp3) is 0.429. The van der Waals surface area contributed by atoms with Crippen molar-refractivity contribution in [2.24, 2.45) is 5.73 Å². The molecular weight excluding hydrogens is 196 g/mol. The van der Waals surface area contributed by atoms with Crippen molar-refractivity contribution in [2.45, 2.75) is 32.7 Å². The average molecular weight is 216 g/mol. The summed E-state index contributed by atoms with van der Waals surface area (Å²) in [6.45, 7) is 7.30. The Balaban J connectivity index is 2.62. The summed E-state index contributed by atoms with van der Waals surface area (Å²) >= 11 is 0. The second-order valence-corrected chi connectivity index (χ2v) is 4.73. The number of nitrogens with zero attached hydrogens (tertiary/aromatic N) is 1. The highest BCUT2D eigenvalue weighted by Crippen LogP contribution is 2.27. The summed E-state index contributed by atoms with van der Waals surface area (Å²) < 4.78 is 2.31. The lowest BCUT2D eigenvalue weighted by atomic mass is 9.98. The molecule has 0 spiro atoms. The van der Waals surface area contributed by atoms with Crippen molar-refractivity contribution < 1.29 is 0 Å². The zero-order valence-corrected chi connectivity index (χ0v) is 10.3. The van der Waals surface area contributed by atoms with Crippen LogP contribution >= 0.6 is 0 Å². The Labute approximate surface area is 97.1 Å². The van der Waals surface area contributed by atoms with Crippen LogP contribution in [0, 0.1) is 0 Å². The number of aromatic nitrogens is 1. The maximum atomic E-state index is 5.75. The van der Waals surface area contributed by atoms with Crippen LogP contribution in [-0.2, 0) is 0 Å². The van der Waals surface area contributed by atoms with Gasteiger partial charge in [-0.3, -0.25) is 0 Å². The monoisotopic (exact) mass is 216 g/mol. The SMILES string of the molecule is CC(CN)c1cccc2c1ccn2C(C)C. The Hall–Kier alpha value is -1.28. The van der Waals surface area contributed by atoms with Crippen molar-refractivity contribution >= 4 is 10.9 Å². The second-order valence-electron chi connectivity index (χ2n) is 4.73. The van der Waals surface area contributed by atoms with Gasteiger partial charge in [0.05, 0.1) is 0 Å². The normalized spacial score (nSPS) is 13.6. The summed E-state index contributed by atoms with van der Waals surface area (Å²) in [7, 11) is 0. The molecule has 0 fully saturated rings. The van der Waals surface area contributed by atoms with Crippen molar-refractivity contribution in [1.82, 2.24) is 4.57 Å². The van der Waals surface area contributed by atoms with E-state index in [0.29, 0.717) is 18.5 Å². The van der Waals surface area contributed by atoms with Crippen molar-refractivity contribution in [3.63, 3.8) is 0 Å². The molecule has 2 heteroatoms. The first kappa shape index (κ1) is 11.2. The van der Waals surface area contributed by atoms with E-state index in [2.05, 4.69) is 55.8 Å². The highest BCUT2D eigenvalue weighted by Gasteiger charge is 2.11. The van der Waals surface area contributed by atoms with Gasteiger partial charge in [-0.2, -0.15) is 0 Å². The highest BCUT2D eigenvalue weighted by molar-refractivity contribution is 5.84. The summed E-state index contributed by atoms with van der Waals surface area (Å²) in [5.74, 6) is 0.423. The first-order chi connectivity index (χ1) is 7.65. The smallest absolute Gasteiger partial charge is 0.0485 e. The molecule has 0 amide bonds. The Kier molecular flexibility index (Phi) is 3.01. The molecule has 0 aliphatic heterocycles. The van der Waals surface area contributed by atoms with Crippen LogP contribution in [0.1, 0.15) is 38.3 Å². The van der Waals surface area contributed by atoms with Crippen LogP contribution in [-0.4, -0.2) is 11.1 Å². The number of nitrogens with two attached hydrogens (primary N) is 1. The number of hydrogen-bond donors (Lipinski definition) is 1.